The highest BCUT2D eigenvalue weighted by Crippen LogP contribution is 2.45. The molecule has 1 aliphatic heterocycles. The SMILES string of the molecule is C[C@H]1CNCCN1c1nc(-c2ccnc3[nH]c(-c4ncccc4F)cc23)nc2cncc(C3CC3)c12. The number of nitrogens with zero attached hydrogens (tertiary/aromatic N) is 6. The zero-order valence-electron chi connectivity index (χ0n) is 19.9. The molecule has 0 radical (unpaired) electrons. The van der Waals surface area contributed by atoms with Crippen LogP contribution >= 0.6 is 0 Å². The number of hydrogen-bond donors (Lipinski definition) is 2. The number of hydrogen-bond acceptors (Lipinski definition) is 7. The molecule has 1 aliphatic carbocycles. The smallest absolute Gasteiger partial charge is 0.163 e. The molecule has 1 saturated heterocycles. The molecule has 7 rings (SSSR count). The van der Waals surface area contributed by atoms with Crippen molar-refractivity contribution in [3.8, 4) is 22.8 Å². The fourth-order valence-corrected chi connectivity index (χ4v) is 5.21. The number of fused-ring (bicyclic) bond motifs is 2. The molecule has 180 valence electrons. The van der Waals surface area contributed by atoms with Crippen LogP contribution in [0.2, 0.25) is 0 Å². The van der Waals surface area contributed by atoms with Crippen molar-refractivity contribution in [1.29, 1.82) is 0 Å². The lowest BCUT2D eigenvalue weighted by Gasteiger charge is -2.36. The molecule has 0 amide bonds. The average molecular weight is 481 g/mol. The van der Waals surface area contributed by atoms with Gasteiger partial charge < -0.3 is 15.2 Å². The quantitative estimate of drug-likeness (QED) is 0.393. The maximum atomic E-state index is 14.5. The van der Waals surface area contributed by atoms with Gasteiger partial charge >= 0.3 is 0 Å². The van der Waals surface area contributed by atoms with Gasteiger partial charge in [-0.3, -0.25) is 9.97 Å². The van der Waals surface area contributed by atoms with Crippen molar-refractivity contribution in [2.75, 3.05) is 24.5 Å². The normalized spacial score (nSPS) is 18.3. The molecule has 0 aromatic carbocycles. The van der Waals surface area contributed by atoms with Crippen LogP contribution in [0.25, 0.3) is 44.7 Å². The second kappa shape index (κ2) is 8.30. The van der Waals surface area contributed by atoms with Crippen LogP contribution in [-0.4, -0.2) is 55.6 Å². The Hall–Kier alpha value is -3.98. The van der Waals surface area contributed by atoms with Crippen molar-refractivity contribution in [2.45, 2.75) is 31.7 Å². The summed E-state index contributed by atoms with van der Waals surface area (Å²) in [6.07, 6.45) is 9.50. The van der Waals surface area contributed by atoms with E-state index in [9.17, 15) is 4.39 Å². The van der Waals surface area contributed by atoms with Gasteiger partial charge in [-0.1, -0.05) is 0 Å². The number of aromatic nitrogens is 6. The fraction of sp³-hybridized carbons (Fsp3) is 0.296. The first-order chi connectivity index (χ1) is 17.7. The first kappa shape index (κ1) is 21.3. The van der Waals surface area contributed by atoms with Crippen molar-refractivity contribution in [3.63, 3.8) is 0 Å². The van der Waals surface area contributed by atoms with Gasteiger partial charge in [-0.25, -0.2) is 19.3 Å². The number of aromatic amines is 1. The van der Waals surface area contributed by atoms with Crippen LogP contribution < -0.4 is 10.2 Å². The molecular weight excluding hydrogens is 455 g/mol. The number of rotatable bonds is 4. The number of halogens is 1. The summed E-state index contributed by atoms with van der Waals surface area (Å²) in [5.74, 6) is 1.71. The van der Waals surface area contributed by atoms with E-state index in [-0.39, 0.29) is 11.5 Å². The molecular formula is C27H25FN8. The third-order valence-electron chi connectivity index (χ3n) is 7.19. The van der Waals surface area contributed by atoms with E-state index in [2.05, 4.69) is 37.1 Å². The zero-order valence-corrected chi connectivity index (χ0v) is 19.9. The van der Waals surface area contributed by atoms with Gasteiger partial charge in [-0.2, -0.15) is 0 Å². The van der Waals surface area contributed by atoms with Crippen molar-refractivity contribution in [3.05, 3.63) is 60.4 Å². The summed E-state index contributed by atoms with van der Waals surface area (Å²) in [6, 6.07) is 7.08. The van der Waals surface area contributed by atoms with Crippen LogP contribution in [0.15, 0.2) is 49.1 Å². The number of nitrogens with one attached hydrogen (secondary N) is 2. The summed E-state index contributed by atoms with van der Waals surface area (Å²) >= 11 is 0. The van der Waals surface area contributed by atoms with E-state index in [0.29, 0.717) is 29.1 Å². The monoisotopic (exact) mass is 480 g/mol. The van der Waals surface area contributed by atoms with E-state index >= 15 is 0 Å². The first-order valence-corrected chi connectivity index (χ1v) is 12.4. The molecule has 0 spiro atoms. The number of piperazine rings is 1. The van der Waals surface area contributed by atoms with Gasteiger partial charge in [-0.05, 0) is 55.5 Å². The van der Waals surface area contributed by atoms with E-state index in [1.54, 1.807) is 18.5 Å². The van der Waals surface area contributed by atoms with Crippen LogP contribution in [0.5, 0.6) is 0 Å². The summed E-state index contributed by atoms with van der Waals surface area (Å²) in [4.78, 5) is 29.0. The average Bonchev–Trinajstić information content (AvgIpc) is 3.66. The number of H-pyrrole nitrogens is 1. The Morgan fingerprint density at radius 1 is 1.08 bits per heavy atom. The van der Waals surface area contributed by atoms with Gasteiger partial charge in [0.25, 0.3) is 0 Å². The Bertz CT molecular complexity index is 1610. The molecule has 9 heteroatoms. The van der Waals surface area contributed by atoms with E-state index < -0.39 is 0 Å². The Morgan fingerprint density at radius 3 is 2.83 bits per heavy atom. The molecule has 2 N–H and O–H groups in total. The van der Waals surface area contributed by atoms with Crippen LogP contribution in [0.4, 0.5) is 10.2 Å². The van der Waals surface area contributed by atoms with Crippen LogP contribution in [0.1, 0.15) is 31.2 Å². The molecule has 5 aromatic rings. The minimum absolute atomic E-state index is 0.259. The van der Waals surface area contributed by atoms with Gasteiger partial charge in [0.2, 0.25) is 0 Å². The maximum absolute atomic E-state index is 14.5. The number of pyridine rings is 3. The molecule has 6 heterocycles. The summed E-state index contributed by atoms with van der Waals surface area (Å²) in [5.41, 5.74) is 4.39. The molecule has 2 aliphatic rings. The van der Waals surface area contributed by atoms with Crippen LogP contribution in [-0.2, 0) is 0 Å². The molecule has 5 aromatic heterocycles. The van der Waals surface area contributed by atoms with Gasteiger partial charge in [-0.15, -0.1) is 0 Å². The Balaban J connectivity index is 1.45. The van der Waals surface area contributed by atoms with E-state index in [0.717, 1.165) is 47.3 Å². The van der Waals surface area contributed by atoms with Gasteiger partial charge in [0.1, 0.15) is 17.2 Å². The van der Waals surface area contributed by atoms with Gasteiger partial charge in [0, 0.05) is 60.6 Å². The highest BCUT2D eigenvalue weighted by Gasteiger charge is 2.31. The number of anilines is 1. The predicted octanol–water partition coefficient (Wildman–Crippen LogP) is 4.44. The van der Waals surface area contributed by atoms with Gasteiger partial charge in [0.15, 0.2) is 11.6 Å². The first-order valence-electron chi connectivity index (χ1n) is 12.4. The van der Waals surface area contributed by atoms with E-state index in [4.69, 9.17) is 9.97 Å². The molecule has 2 fully saturated rings. The standard InChI is InChI=1S/C27H25FN8/c1-15-12-29-9-10-36(15)27-23-19(16-4-5-16)13-30-14-22(23)34-26(35-27)17-6-8-32-25-18(17)11-21(33-25)24-20(28)3-2-7-31-24/h2-3,6-8,11,13-16,29H,4-5,9-10,12H2,1H3,(H,32,33)/t15-/m0/s1. The lowest BCUT2D eigenvalue weighted by Crippen LogP contribution is -2.50. The van der Waals surface area contributed by atoms with Crippen molar-refractivity contribution < 1.29 is 4.39 Å². The summed E-state index contributed by atoms with van der Waals surface area (Å²) in [6.45, 7) is 4.91. The van der Waals surface area contributed by atoms with Crippen LogP contribution in [0.3, 0.4) is 0 Å². The lowest BCUT2D eigenvalue weighted by atomic mass is 10.1. The second-order valence-electron chi connectivity index (χ2n) is 9.65. The van der Waals surface area contributed by atoms with E-state index in [1.807, 2.05) is 24.5 Å². The highest BCUT2D eigenvalue weighted by atomic mass is 19.1. The zero-order chi connectivity index (χ0) is 24.2. The molecule has 36 heavy (non-hydrogen) atoms. The van der Waals surface area contributed by atoms with Crippen LogP contribution in [0, 0.1) is 5.82 Å². The Morgan fingerprint density at radius 2 is 2.00 bits per heavy atom. The largest absolute Gasteiger partial charge is 0.351 e. The fourth-order valence-electron chi connectivity index (χ4n) is 5.21. The molecule has 0 unspecified atom stereocenters. The van der Waals surface area contributed by atoms with Crippen molar-refractivity contribution >= 4 is 27.8 Å². The van der Waals surface area contributed by atoms with E-state index in [1.165, 1.54) is 24.5 Å². The minimum atomic E-state index is -0.388. The molecule has 0 bridgehead atoms. The Labute approximate surface area is 207 Å². The maximum Gasteiger partial charge on any atom is 0.163 e. The van der Waals surface area contributed by atoms with Crippen molar-refractivity contribution in [2.24, 2.45) is 0 Å². The summed E-state index contributed by atoms with van der Waals surface area (Å²) < 4.78 is 14.5. The molecule has 1 atom stereocenters. The minimum Gasteiger partial charge on any atom is -0.351 e. The topological polar surface area (TPSA) is 95.5 Å². The predicted molar refractivity (Wildman–Crippen MR) is 137 cm³/mol. The highest BCUT2D eigenvalue weighted by molar-refractivity contribution is 5.98. The third-order valence-corrected chi connectivity index (χ3v) is 7.19. The molecule has 1 saturated carbocycles. The summed E-state index contributed by atoms with van der Waals surface area (Å²) in [5, 5.41) is 5.41. The third kappa shape index (κ3) is 3.50. The van der Waals surface area contributed by atoms with Gasteiger partial charge in [0.05, 0.1) is 17.4 Å². The van der Waals surface area contributed by atoms with Crippen molar-refractivity contribution in [1.82, 2.24) is 35.2 Å². The Kier molecular flexibility index (Phi) is 4.92. The second-order valence-corrected chi connectivity index (χ2v) is 9.65. The molecule has 8 nitrogen and oxygen atoms in total. The summed E-state index contributed by atoms with van der Waals surface area (Å²) in [7, 11) is 0. The lowest BCUT2D eigenvalue weighted by molar-refractivity contribution is 0.498.